The van der Waals surface area contributed by atoms with Crippen LogP contribution < -0.4 is 5.32 Å². The molecule has 0 aliphatic rings. The zero-order valence-corrected chi connectivity index (χ0v) is 11.3. The fourth-order valence-electron chi connectivity index (χ4n) is 1.68. The van der Waals surface area contributed by atoms with Crippen molar-refractivity contribution in [2.45, 2.75) is 6.54 Å². The third-order valence-electron chi connectivity index (χ3n) is 2.60. The molecule has 0 radical (unpaired) electrons. The smallest absolute Gasteiger partial charge is 0.310 e. The van der Waals surface area contributed by atoms with Crippen molar-refractivity contribution in [1.29, 1.82) is 0 Å². The molecule has 19 heavy (non-hydrogen) atoms. The number of halogens is 2. The number of nitro groups is 1. The molecule has 6 heteroatoms. The van der Waals surface area contributed by atoms with Crippen molar-refractivity contribution in [2.24, 2.45) is 0 Å². The summed E-state index contributed by atoms with van der Waals surface area (Å²) in [7, 11) is 0. The molecule has 0 saturated carbocycles. The Morgan fingerprint density at radius 2 is 1.74 bits per heavy atom. The summed E-state index contributed by atoms with van der Waals surface area (Å²) in [6.45, 7) is 0.390. The molecule has 0 aromatic heterocycles. The topological polar surface area (TPSA) is 55.2 Å². The second kappa shape index (κ2) is 5.91. The molecule has 0 unspecified atom stereocenters. The van der Waals surface area contributed by atoms with E-state index in [0.29, 0.717) is 17.3 Å². The molecule has 0 spiro atoms. The maximum Gasteiger partial charge on any atom is 0.310 e. The van der Waals surface area contributed by atoms with E-state index < -0.39 is 4.92 Å². The van der Waals surface area contributed by atoms with Gasteiger partial charge in [-0.25, -0.2) is 0 Å². The predicted octanol–water partition coefficient (Wildman–Crippen LogP) is 4.51. The van der Waals surface area contributed by atoms with Crippen LogP contribution in [0.2, 0.25) is 10.0 Å². The largest absolute Gasteiger partial charge is 0.375 e. The number of nitrogens with zero attached hydrogens (tertiary/aromatic N) is 1. The summed E-state index contributed by atoms with van der Waals surface area (Å²) in [6, 6.07) is 12.1. The Labute approximate surface area is 120 Å². The summed E-state index contributed by atoms with van der Waals surface area (Å²) in [5.74, 6) is 0. The first-order valence-electron chi connectivity index (χ1n) is 5.50. The van der Waals surface area contributed by atoms with Crippen LogP contribution in [-0.4, -0.2) is 4.92 Å². The molecular formula is C13H10Cl2N2O2. The Morgan fingerprint density at radius 3 is 2.42 bits per heavy atom. The number of hydrogen-bond acceptors (Lipinski definition) is 3. The lowest BCUT2D eigenvalue weighted by Gasteiger charge is -2.09. The highest BCUT2D eigenvalue weighted by Gasteiger charge is 2.18. The Hall–Kier alpha value is -1.78. The van der Waals surface area contributed by atoms with E-state index in [1.807, 2.05) is 18.2 Å². The summed E-state index contributed by atoms with van der Waals surface area (Å²) < 4.78 is 0. The van der Waals surface area contributed by atoms with Crippen LogP contribution in [-0.2, 0) is 6.54 Å². The van der Waals surface area contributed by atoms with E-state index in [4.69, 9.17) is 23.2 Å². The van der Waals surface area contributed by atoms with Crippen molar-refractivity contribution in [3.63, 3.8) is 0 Å². The first-order valence-corrected chi connectivity index (χ1v) is 6.25. The molecular weight excluding hydrogens is 287 g/mol. The molecule has 2 aromatic carbocycles. The summed E-state index contributed by atoms with van der Waals surface area (Å²) in [5.41, 5.74) is 1.10. The van der Waals surface area contributed by atoms with Crippen molar-refractivity contribution in [3.8, 4) is 0 Å². The predicted molar refractivity (Wildman–Crippen MR) is 76.9 cm³/mol. The van der Waals surface area contributed by atoms with E-state index in [2.05, 4.69) is 5.32 Å². The first kappa shape index (κ1) is 13.6. The fraction of sp³-hybridized carbons (Fsp3) is 0.0769. The normalized spacial score (nSPS) is 10.2. The number of para-hydroxylation sites is 1. The van der Waals surface area contributed by atoms with E-state index in [1.165, 1.54) is 6.07 Å². The lowest BCUT2D eigenvalue weighted by atomic mass is 10.2. The van der Waals surface area contributed by atoms with Gasteiger partial charge in [-0.3, -0.25) is 10.1 Å². The van der Waals surface area contributed by atoms with Gasteiger partial charge in [0.05, 0.1) is 4.92 Å². The van der Waals surface area contributed by atoms with Crippen molar-refractivity contribution in [3.05, 3.63) is 68.2 Å². The van der Waals surface area contributed by atoms with Crippen LogP contribution in [0.25, 0.3) is 0 Å². The molecule has 0 aliphatic heterocycles. The molecule has 0 amide bonds. The molecule has 0 bridgehead atoms. The van der Waals surface area contributed by atoms with E-state index in [-0.39, 0.29) is 10.7 Å². The Kier molecular flexibility index (Phi) is 4.24. The van der Waals surface area contributed by atoms with Gasteiger partial charge in [-0.1, -0.05) is 47.5 Å². The lowest BCUT2D eigenvalue weighted by molar-refractivity contribution is -0.383. The van der Waals surface area contributed by atoms with Crippen LogP contribution in [0.5, 0.6) is 0 Å². The lowest BCUT2D eigenvalue weighted by Crippen LogP contribution is -2.03. The van der Waals surface area contributed by atoms with Gasteiger partial charge in [-0.05, 0) is 23.8 Å². The van der Waals surface area contributed by atoms with Crippen LogP contribution in [0.15, 0.2) is 42.5 Å². The van der Waals surface area contributed by atoms with Crippen molar-refractivity contribution in [2.75, 3.05) is 5.32 Å². The molecule has 0 fully saturated rings. The Bertz CT molecular complexity index is 617. The summed E-state index contributed by atoms with van der Waals surface area (Å²) >= 11 is 11.9. The highest BCUT2D eigenvalue weighted by Crippen LogP contribution is 2.32. The van der Waals surface area contributed by atoms with Gasteiger partial charge in [-0.15, -0.1) is 0 Å². The Morgan fingerprint density at radius 1 is 1.05 bits per heavy atom. The van der Waals surface area contributed by atoms with E-state index >= 15 is 0 Å². The first-order chi connectivity index (χ1) is 9.09. The van der Waals surface area contributed by atoms with Crippen LogP contribution in [0.1, 0.15) is 5.56 Å². The quantitative estimate of drug-likeness (QED) is 0.667. The van der Waals surface area contributed by atoms with Gasteiger partial charge in [0.15, 0.2) is 0 Å². The molecule has 0 aliphatic carbocycles. The molecule has 2 aromatic rings. The summed E-state index contributed by atoms with van der Waals surface area (Å²) in [4.78, 5) is 10.5. The molecule has 0 saturated heterocycles. The number of nitro benzene ring substituents is 1. The van der Waals surface area contributed by atoms with Crippen LogP contribution in [0.3, 0.4) is 0 Å². The van der Waals surface area contributed by atoms with E-state index in [0.717, 1.165) is 5.56 Å². The second-order valence-corrected chi connectivity index (χ2v) is 4.65. The monoisotopic (exact) mass is 296 g/mol. The van der Waals surface area contributed by atoms with Gasteiger partial charge in [0.25, 0.3) is 0 Å². The van der Waals surface area contributed by atoms with Gasteiger partial charge in [-0.2, -0.15) is 0 Å². The average Bonchev–Trinajstić information content (AvgIpc) is 2.37. The molecule has 4 nitrogen and oxygen atoms in total. The molecule has 98 valence electrons. The van der Waals surface area contributed by atoms with Crippen molar-refractivity contribution < 1.29 is 4.92 Å². The molecule has 1 N–H and O–H groups in total. The SMILES string of the molecule is O=[N+]([O-])c1c(Cl)cccc1NCc1ccccc1Cl. The van der Waals surface area contributed by atoms with Crippen molar-refractivity contribution >= 4 is 34.6 Å². The van der Waals surface area contributed by atoms with Crippen molar-refractivity contribution in [1.82, 2.24) is 0 Å². The molecule has 0 heterocycles. The van der Waals surface area contributed by atoms with Gasteiger partial charge < -0.3 is 5.32 Å². The third-order valence-corrected chi connectivity index (χ3v) is 3.27. The molecule has 0 atom stereocenters. The fourth-order valence-corrected chi connectivity index (χ4v) is 2.12. The van der Waals surface area contributed by atoms with E-state index in [1.54, 1.807) is 18.2 Å². The van der Waals surface area contributed by atoms with E-state index in [9.17, 15) is 10.1 Å². The number of benzene rings is 2. The summed E-state index contributed by atoms with van der Waals surface area (Å²) in [6.07, 6.45) is 0. The standard InChI is InChI=1S/C13H10Cl2N2O2/c14-10-5-2-1-4-9(10)8-16-12-7-3-6-11(15)13(12)17(18)19/h1-7,16H,8H2. The number of hydrogen-bond donors (Lipinski definition) is 1. The van der Waals surface area contributed by atoms with Crippen LogP contribution in [0, 0.1) is 10.1 Å². The zero-order valence-electron chi connectivity index (χ0n) is 9.77. The Balaban J connectivity index is 2.23. The number of nitrogens with one attached hydrogen (secondary N) is 1. The second-order valence-electron chi connectivity index (χ2n) is 3.84. The number of rotatable bonds is 4. The van der Waals surface area contributed by atoms with Gasteiger partial charge in [0, 0.05) is 11.6 Å². The van der Waals surface area contributed by atoms with Gasteiger partial charge in [0.1, 0.15) is 10.7 Å². The number of anilines is 1. The minimum absolute atomic E-state index is 0.106. The highest BCUT2D eigenvalue weighted by atomic mass is 35.5. The van der Waals surface area contributed by atoms with Gasteiger partial charge in [0.2, 0.25) is 0 Å². The van der Waals surface area contributed by atoms with Crippen LogP contribution in [0.4, 0.5) is 11.4 Å². The molecule has 2 rings (SSSR count). The third kappa shape index (κ3) is 3.16. The van der Waals surface area contributed by atoms with Crippen LogP contribution >= 0.6 is 23.2 Å². The minimum Gasteiger partial charge on any atom is -0.375 e. The average molecular weight is 297 g/mol. The van der Waals surface area contributed by atoms with Gasteiger partial charge >= 0.3 is 5.69 Å². The maximum atomic E-state index is 11.0. The maximum absolute atomic E-state index is 11.0. The zero-order chi connectivity index (χ0) is 13.8. The summed E-state index contributed by atoms with van der Waals surface area (Å²) in [5, 5.41) is 14.7. The highest BCUT2D eigenvalue weighted by molar-refractivity contribution is 6.33. The minimum atomic E-state index is -0.503.